The van der Waals surface area contributed by atoms with Gasteiger partial charge < -0.3 is 30.0 Å². The molecule has 4 N–H and O–H groups in total. The lowest BCUT2D eigenvalue weighted by atomic mass is 10.0. The van der Waals surface area contributed by atoms with Crippen LogP contribution in [-0.2, 0) is 15.2 Å². The highest BCUT2D eigenvalue weighted by molar-refractivity contribution is 5.86. The average Bonchev–Trinajstić information content (AvgIpc) is 2.93. The number of nitrogen functional groups attached to an aromatic ring is 1. The molecule has 8 heteroatoms. The Morgan fingerprint density at radius 3 is 2.71 bits per heavy atom. The van der Waals surface area contributed by atoms with Crippen LogP contribution in [0.5, 0.6) is 0 Å². The molecule has 116 valence electrons. The van der Waals surface area contributed by atoms with E-state index in [1.54, 1.807) is 23.8 Å². The SMILES string of the molecule is CO[C@H](CO)[C@@H](O)[C@@](C)(OC)n1ccc2c(N)ncnc21. The molecule has 21 heavy (non-hydrogen) atoms. The number of hydrogen-bond acceptors (Lipinski definition) is 7. The van der Waals surface area contributed by atoms with E-state index in [0.29, 0.717) is 16.9 Å². The summed E-state index contributed by atoms with van der Waals surface area (Å²) in [5, 5.41) is 20.5. The molecule has 2 rings (SSSR count). The zero-order chi connectivity index (χ0) is 15.6. The van der Waals surface area contributed by atoms with Crippen LogP contribution in [-0.4, -0.2) is 57.8 Å². The van der Waals surface area contributed by atoms with E-state index in [9.17, 15) is 10.2 Å². The lowest BCUT2D eigenvalue weighted by Gasteiger charge is -2.37. The smallest absolute Gasteiger partial charge is 0.171 e. The van der Waals surface area contributed by atoms with Crippen LogP contribution in [0.3, 0.4) is 0 Å². The maximum Gasteiger partial charge on any atom is 0.171 e. The first-order chi connectivity index (χ1) is 9.99. The van der Waals surface area contributed by atoms with Gasteiger partial charge in [-0.2, -0.15) is 0 Å². The Morgan fingerprint density at radius 2 is 2.14 bits per heavy atom. The predicted octanol–water partition coefficient (Wildman–Crippen LogP) is -0.299. The normalized spacial score (nSPS) is 17.6. The molecule has 0 unspecified atom stereocenters. The van der Waals surface area contributed by atoms with E-state index in [2.05, 4.69) is 9.97 Å². The summed E-state index contributed by atoms with van der Waals surface area (Å²) in [6, 6.07) is 1.75. The van der Waals surface area contributed by atoms with Crippen LogP contribution in [0.25, 0.3) is 11.0 Å². The van der Waals surface area contributed by atoms with Gasteiger partial charge in [0.1, 0.15) is 30.0 Å². The molecule has 0 saturated carbocycles. The van der Waals surface area contributed by atoms with Gasteiger partial charge in [-0.3, -0.25) is 0 Å². The van der Waals surface area contributed by atoms with Crippen molar-refractivity contribution >= 4 is 16.9 Å². The minimum Gasteiger partial charge on any atom is -0.394 e. The number of nitrogens with two attached hydrogens (primary N) is 1. The van der Waals surface area contributed by atoms with Gasteiger partial charge in [-0.15, -0.1) is 0 Å². The van der Waals surface area contributed by atoms with E-state index in [-0.39, 0.29) is 6.61 Å². The third kappa shape index (κ3) is 2.46. The molecule has 0 radical (unpaired) electrons. The van der Waals surface area contributed by atoms with Crippen LogP contribution in [0.15, 0.2) is 18.6 Å². The summed E-state index contributed by atoms with van der Waals surface area (Å²) in [6.45, 7) is 1.34. The quantitative estimate of drug-likeness (QED) is 0.670. The summed E-state index contributed by atoms with van der Waals surface area (Å²) < 4.78 is 12.2. The van der Waals surface area contributed by atoms with E-state index in [4.69, 9.17) is 15.2 Å². The summed E-state index contributed by atoms with van der Waals surface area (Å²) in [7, 11) is 2.87. The Kier molecular flexibility index (Phi) is 4.43. The molecule has 0 bridgehead atoms. The van der Waals surface area contributed by atoms with Crippen LogP contribution in [0.4, 0.5) is 5.82 Å². The second-order valence-corrected chi connectivity index (χ2v) is 4.84. The highest BCUT2D eigenvalue weighted by atomic mass is 16.5. The highest BCUT2D eigenvalue weighted by Gasteiger charge is 2.41. The van der Waals surface area contributed by atoms with Crippen molar-refractivity contribution in [2.75, 3.05) is 26.6 Å². The second kappa shape index (κ2) is 5.94. The van der Waals surface area contributed by atoms with Crippen LogP contribution in [0, 0.1) is 0 Å². The van der Waals surface area contributed by atoms with Gasteiger partial charge in [0.05, 0.1) is 12.0 Å². The summed E-state index contributed by atoms with van der Waals surface area (Å²) >= 11 is 0. The first-order valence-electron chi connectivity index (χ1n) is 6.44. The van der Waals surface area contributed by atoms with Gasteiger partial charge in [0.2, 0.25) is 0 Å². The standard InChI is InChI=1S/C13H20N4O4/c1-13(21-3,10(19)9(6-18)20-2)17-5-4-8-11(14)15-7-16-12(8)17/h4-5,7,9-10,18-19H,6H2,1-3H3,(H2,14,15,16)/t9-,10-,13-/m1/s1. The molecule has 2 aromatic heterocycles. The second-order valence-electron chi connectivity index (χ2n) is 4.84. The van der Waals surface area contributed by atoms with Gasteiger partial charge in [-0.25, -0.2) is 9.97 Å². The maximum atomic E-state index is 10.5. The van der Waals surface area contributed by atoms with Crippen LogP contribution in [0.1, 0.15) is 6.92 Å². The van der Waals surface area contributed by atoms with Gasteiger partial charge in [0.25, 0.3) is 0 Å². The molecule has 0 fully saturated rings. The summed E-state index contributed by atoms with van der Waals surface area (Å²) in [5.41, 5.74) is 5.15. The fourth-order valence-corrected chi connectivity index (χ4v) is 2.34. The molecule has 0 spiro atoms. The van der Waals surface area contributed by atoms with E-state index < -0.39 is 17.9 Å². The minimum absolute atomic E-state index is 0.340. The third-order valence-corrected chi connectivity index (χ3v) is 3.79. The number of aliphatic hydroxyl groups is 2. The zero-order valence-corrected chi connectivity index (χ0v) is 12.2. The van der Waals surface area contributed by atoms with Crippen molar-refractivity contribution in [3.63, 3.8) is 0 Å². The van der Waals surface area contributed by atoms with E-state index in [0.717, 1.165) is 0 Å². The lowest BCUT2D eigenvalue weighted by Crippen LogP contribution is -2.51. The minimum atomic E-state index is -1.19. The van der Waals surface area contributed by atoms with Gasteiger partial charge in [-0.1, -0.05) is 0 Å². The molecule has 2 heterocycles. The lowest BCUT2D eigenvalue weighted by molar-refractivity contribution is -0.190. The van der Waals surface area contributed by atoms with Gasteiger partial charge in [0, 0.05) is 20.4 Å². The van der Waals surface area contributed by atoms with E-state index in [1.807, 2.05) is 0 Å². The van der Waals surface area contributed by atoms with E-state index in [1.165, 1.54) is 20.5 Å². The van der Waals surface area contributed by atoms with E-state index >= 15 is 0 Å². The van der Waals surface area contributed by atoms with Crippen molar-refractivity contribution < 1.29 is 19.7 Å². The Labute approximate surface area is 122 Å². The van der Waals surface area contributed by atoms with Crippen molar-refractivity contribution in [1.29, 1.82) is 0 Å². The topological polar surface area (TPSA) is 116 Å². The Hall–Kier alpha value is -1.74. The molecule has 0 aromatic carbocycles. The Balaban J connectivity index is 2.55. The number of methoxy groups -OCH3 is 2. The number of nitrogens with zero attached hydrogens (tertiary/aromatic N) is 3. The monoisotopic (exact) mass is 296 g/mol. The molecule has 0 amide bonds. The van der Waals surface area contributed by atoms with Crippen molar-refractivity contribution in [2.24, 2.45) is 0 Å². The van der Waals surface area contributed by atoms with Gasteiger partial charge in [0.15, 0.2) is 5.72 Å². The summed E-state index contributed by atoms with van der Waals surface area (Å²) in [6.07, 6.45) is 1.12. The molecule has 0 aliphatic heterocycles. The van der Waals surface area contributed by atoms with Crippen molar-refractivity contribution in [3.8, 4) is 0 Å². The number of aromatic nitrogens is 3. The largest absolute Gasteiger partial charge is 0.394 e. The molecule has 8 nitrogen and oxygen atoms in total. The molecule has 3 atom stereocenters. The van der Waals surface area contributed by atoms with Crippen LogP contribution in [0.2, 0.25) is 0 Å². The number of fused-ring (bicyclic) bond motifs is 1. The van der Waals surface area contributed by atoms with Gasteiger partial charge in [-0.05, 0) is 13.0 Å². The molecular formula is C13H20N4O4. The first kappa shape index (κ1) is 15.6. The highest BCUT2D eigenvalue weighted by Crippen LogP contribution is 2.30. The predicted molar refractivity (Wildman–Crippen MR) is 76.5 cm³/mol. The number of ether oxygens (including phenoxy) is 2. The van der Waals surface area contributed by atoms with Crippen LogP contribution >= 0.6 is 0 Å². The average molecular weight is 296 g/mol. The zero-order valence-electron chi connectivity index (χ0n) is 12.2. The Morgan fingerprint density at radius 1 is 1.43 bits per heavy atom. The number of aliphatic hydroxyl groups excluding tert-OH is 2. The molecular weight excluding hydrogens is 276 g/mol. The molecule has 2 aromatic rings. The van der Waals surface area contributed by atoms with Crippen LogP contribution < -0.4 is 5.73 Å². The maximum absolute atomic E-state index is 10.5. The Bertz CT molecular complexity index is 613. The fraction of sp³-hybridized carbons (Fsp3) is 0.538. The fourth-order valence-electron chi connectivity index (χ4n) is 2.34. The molecule has 0 saturated heterocycles. The third-order valence-electron chi connectivity index (χ3n) is 3.79. The molecule has 0 aliphatic rings. The summed E-state index contributed by atoms with van der Waals surface area (Å²) in [4.78, 5) is 8.11. The van der Waals surface area contributed by atoms with Crippen molar-refractivity contribution in [2.45, 2.75) is 24.9 Å². The number of hydrogen-bond donors (Lipinski definition) is 3. The first-order valence-corrected chi connectivity index (χ1v) is 6.44. The van der Waals surface area contributed by atoms with Crippen molar-refractivity contribution in [1.82, 2.24) is 14.5 Å². The number of rotatable bonds is 6. The number of anilines is 1. The van der Waals surface area contributed by atoms with Crippen molar-refractivity contribution in [3.05, 3.63) is 18.6 Å². The molecule has 0 aliphatic carbocycles. The van der Waals surface area contributed by atoms with Gasteiger partial charge >= 0.3 is 0 Å². The summed E-state index contributed by atoms with van der Waals surface area (Å²) in [5.74, 6) is 0.345.